The summed E-state index contributed by atoms with van der Waals surface area (Å²) in [4.78, 5) is 0. The second-order valence-electron chi connectivity index (χ2n) is 8.54. The fourth-order valence-electron chi connectivity index (χ4n) is 4.94. The number of fused-ring (bicyclic) bond motifs is 2. The molecule has 0 bridgehead atoms. The Bertz CT molecular complexity index is 1420. The van der Waals surface area contributed by atoms with Gasteiger partial charge in [-0.05, 0) is 0 Å². The molecule has 0 unspecified atom stereocenters. The zero-order valence-corrected chi connectivity index (χ0v) is 23.6. The molecule has 0 amide bonds. The summed E-state index contributed by atoms with van der Waals surface area (Å²) < 4.78 is 4.60. The Balaban J connectivity index is 0.00000152. The van der Waals surface area contributed by atoms with Crippen molar-refractivity contribution in [3.8, 4) is 22.3 Å². The third kappa shape index (κ3) is 5.02. The molecule has 3 heteroatoms. The summed E-state index contributed by atoms with van der Waals surface area (Å²) in [6.45, 7) is 0. The van der Waals surface area contributed by atoms with Crippen LogP contribution in [0.5, 0.6) is 0 Å². The Morgan fingerprint density at radius 3 is 1.14 bits per heavy atom. The predicted molar refractivity (Wildman–Crippen MR) is 141 cm³/mol. The second-order valence-corrected chi connectivity index (χ2v) is 14.3. The van der Waals surface area contributed by atoms with E-state index in [0.717, 1.165) is 0 Å². The van der Waals surface area contributed by atoms with Crippen LogP contribution in [-0.4, -0.2) is 3.21 Å². The fraction of sp³-hybridized carbons (Fsp3) is 0. The van der Waals surface area contributed by atoms with Crippen LogP contribution >= 0.6 is 0 Å². The molecule has 0 heterocycles. The van der Waals surface area contributed by atoms with Gasteiger partial charge in [-0.1, -0.05) is 0 Å². The van der Waals surface area contributed by atoms with Crippen molar-refractivity contribution in [1.29, 1.82) is 0 Å². The van der Waals surface area contributed by atoms with E-state index in [1.807, 2.05) is 0 Å². The second kappa shape index (κ2) is 11.9. The molecule has 0 atom stereocenters. The molecule has 2 aromatic rings. The van der Waals surface area contributed by atoms with Gasteiger partial charge >= 0.3 is 210 Å². The summed E-state index contributed by atoms with van der Waals surface area (Å²) in [5, 5.41) is 0. The summed E-state index contributed by atoms with van der Waals surface area (Å²) >= 11 is -2.69. The van der Waals surface area contributed by atoms with Crippen LogP contribution < -0.4 is 31.4 Å². The van der Waals surface area contributed by atoms with Gasteiger partial charge in [0.2, 0.25) is 0 Å². The Kier molecular flexibility index (Phi) is 8.70. The van der Waals surface area contributed by atoms with E-state index >= 15 is 0 Å². The number of hydrogen-bond acceptors (Lipinski definition) is 0. The molecule has 4 aliphatic carbocycles. The van der Waals surface area contributed by atoms with Crippen molar-refractivity contribution in [2.24, 2.45) is 0 Å². The minimum absolute atomic E-state index is 0. The molecule has 0 aromatic heterocycles. The normalized spacial score (nSPS) is 10.1. The van der Waals surface area contributed by atoms with E-state index in [9.17, 15) is 0 Å². The molecule has 4 aliphatic rings. The Morgan fingerprint density at radius 1 is 0.361 bits per heavy atom. The van der Waals surface area contributed by atoms with Gasteiger partial charge in [-0.3, -0.25) is 0 Å². The molecule has 0 N–H and O–H groups in total. The zero-order chi connectivity index (χ0) is 22.7. The maximum atomic E-state index is 2.41. The molecular weight excluding hydrogens is 558 g/mol. The minimum atomic E-state index is -2.69. The Labute approximate surface area is 233 Å². The third-order valence-corrected chi connectivity index (χ3v) is 13.9. The number of hydrogen-bond donors (Lipinski definition) is 0. The first-order valence-corrected chi connectivity index (χ1v) is 15.4. The van der Waals surface area contributed by atoms with Crippen LogP contribution in [0.1, 0.15) is 11.1 Å². The van der Waals surface area contributed by atoms with Gasteiger partial charge in [0, 0.05) is 0 Å². The first kappa shape index (κ1) is 26.2. The fourth-order valence-corrected chi connectivity index (χ4v) is 12.9. The zero-order valence-electron chi connectivity index (χ0n) is 19.6. The van der Waals surface area contributed by atoms with Gasteiger partial charge in [-0.15, -0.1) is 0 Å². The first-order chi connectivity index (χ1) is 16.9. The first-order valence-electron chi connectivity index (χ1n) is 11.7. The van der Waals surface area contributed by atoms with E-state index in [4.69, 9.17) is 0 Å². The van der Waals surface area contributed by atoms with Gasteiger partial charge in [-0.2, -0.15) is 0 Å². The molecule has 0 spiro atoms. The molecule has 0 saturated carbocycles. The molecule has 2 aromatic carbocycles. The van der Waals surface area contributed by atoms with Crippen LogP contribution in [0.3, 0.4) is 0 Å². The third-order valence-electron chi connectivity index (χ3n) is 6.50. The number of rotatable bonds is 4. The van der Waals surface area contributed by atoms with Crippen molar-refractivity contribution in [1.82, 2.24) is 0 Å². The monoisotopic (exact) mass is 580 g/mol. The number of benzene rings is 2. The summed E-state index contributed by atoms with van der Waals surface area (Å²) in [5.74, 6) is 0. The van der Waals surface area contributed by atoms with Crippen LogP contribution in [-0.2, 0) is 21.3 Å². The van der Waals surface area contributed by atoms with E-state index in [1.54, 1.807) is 0 Å². The molecular formula is C33H24Cl2Zr. The van der Waals surface area contributed by atoms with Gasteiger partial charge in [0.05, 0.1) is 0 Å². The van der Waals surface area contributed by atoms with Crippen molar-refractivity contribution in [2.75, 3.05) is 0 Å². The van der Waals surface area contributed by atoms with E-state index in [2.05, 4.69) is 146 Å². The summed E-state index contributed by atoms with van der Waals surface area (Å²) in [5.41, 5.74) is 8.09. The van der Waals surface area contributed by atoms with Crippen molar-refractivity contribution < 1.29 is 46.1 Å². The van der Waals surface area contributed by atoms with Gasteiger partial charge in [0.15, 0.2) is 0 Å². The van der Waals surface area contributed by atoms with E-state index in [-0.39, 0.29) is 24.8 Å². The molecule has 174 valence electrons. The number of halogens is 2. The molecule has 0 nitrogen and oxygen atoms in total. The van der Waals surface area contributed by atoms with Gasteiger partial charge < -0.3 is 24.8 Å². The Hall–Kier alpha value is -2.83. The average Bonchev–Trinajstić information content (AvgIpc) is 3.27. The van der Waals surface area contributed by atoms with E-state index in [1.165, 1.54) is 43.1 Å². The topological polar surface area (TPSA) is 0 Å². The maximum absolute atomic E-state index is 2.69. The van der Waals surface area contributed by atoms with Crippen molar-refractivity contribution in [3.05, 3.63) is 157 Å². The van der Waals surface area contributed by atoms with Gasteiger partial charge in [0.25, 0.3) is 0 Å². The molecule has 6 rings (SSSR count). The van der Waals surface area contributed by atoms with Crippen molar-refractivity contribution in [3.63, 3.8) is 0 Å². The molecule has 0 radical (unpaired) electrons. The van der Waals surface area contributed by atoms with Gasteiger partial charge in [0.1, 0.15) is 0 Å². The van der Waals surface area contributed by atoms with E-state index in [0.29, 0.717) is 0 Å². The van der Waals surface area contributed by atoms with Crippen molar-refractivity contribution in [2.45, 2.75) is 0 Å². The average molecular weight is 583 g/mol. The molecule has 0 fully saturated rings. The molecule has 36 heavy (non-hydrogen) atoms. The van der Waals surface area contributed by atoms with Crippen LogP contribution in [0.4, 0.5) is 0 Å². The van der Waals surface area contributed by atoms with E-state index < -0.39 is 21.3 Å². The van der Waals surface area contributed by atoms with Gasteiger partial charge in [-0.25, -0.2) is 0 Å². The summed E-state index contributed by atoms with van der Waals surface area (Å²) in [7, 11) is 0. The SMILES string of the molecule is [Cl-].[Cl-].c1ccc([C](c2ccccc2)=[Zr+2]([c]2ccc3cccccc2-3)[c]2ccc3cccccc2-3)cc1. The summed E-state index contributed by atoms with van der Waals surface area (Å²) in [6, 6.07) is 53.5. The quantitative estimate of drug-likeness (QED) is 0.288. The van der Waals surface area contributed by atoms with Crippen LogP contribution in [0.25, 0.3) is 22.3 Å². The van der Waals surface area contributed by atoms with Crippen molar-refractivity contribution >= 4 is 9.75 Å². The van der Waals surface area contributed by atoms with Crippen LogP contribution in [0.15, 0.2) is 146 Å². The standard InChI is InChI=1S/C13H10.2C10H7.2ClH.Zr/c1-3-7-12(8-4-1)11-13-9-5-2-6-10-13;2*1-2-5-9-7-4-8-10(9)6-3-1;;;/h1-10H;2*1-7H;2*1H;/q;;;;;+2/p-2. The predicted octanol–water partition coefficient (Wildman–Crippen LogP) is 0.742. The summed E-state index contributed by atoms with van der Waals surface area (Å²) in [6.07, 6.45) is 0. The Morgan fingerprint density at radius 2 is 0.722 bits per heavy atom. The van der Waals surface area contributed by atoms with Crippen LogP contribution in [0.2, 0.25) is 0 Å². The van der Waals surface area contributed by atoms with Crippen LogP contribution in [0, 0.1) is 0 Å². The molecule has 0 aliphatic heterocycles. The molecule has 0 saturated heterocycles.